The molecule has 1 aromatic heterocycles. The minimum atomic E-state index is -4.82. The first-order chi connectivity index (χ1) is 22.6. The summed E-state index contributed by atoms with van der Waals surface area (Å²) in [5, 5.41) is 3.78. The van der Waals surface area contributed by atoms with Gasteiger partial charge in [0, 0.05) is 21.9 Å². The highest BCUT2D eigenvalue weighted by molar-refractivity contribution is 8.00. The standard InChI is InChI=1S/C34H24F3N3O5S2/c1-45-20-15-13-19(14-16-20)26-27-28(31(43)40(30(27)42)24-12-5-4-10-22(24)34(35,36)37)46-32-29(26)47-33(44)39(32)17-25(41)38-23-11-6-8-18-7-2-3-9-21(18)23/h2-16,26-28H,17H2,1H3,(H,38,41)/t26-,27?,28?/m1/s1. The molecule has 8 nitrogen and oxygen atoms in total. The molecule has 7 rings (SSSR count). The Morgan fingerprint density at radius 1 is 0.894 bits per heavy atom. The molecular formula is C34H24F3N3O5S2. The van der Waals surface area contributed by atoms with Crippen LogP contribution >= 0.6 is 23.1 Å². The maximum Gasteiger partial charge on any atom is 0.418 e. The van der Waals surface area contributed by atoms with Gasteiger partial charge < -0.3 is 10.1 Å². The maximum atomic E-state index is 14.1. The van der Waals surface area contributed by atoms with Crippen LogP contribution in [-0.2, 0) is 27.1 Å². The van der Waals surface area contributed by atoms with Gasteiger partial charge in [-0.25, -0.2) is 4.90 Å². The highest BCUT2D eigenvalue weighted by atomic mass is 32.2. The molecule has 0 aliphatic carbocycles. The van der Waals surface area contributed by atoms with Crippen molar-refractivity contribution in [2.75, 3.05) is 17.3 Å². The highest BCUT2D eigenvalue weighted by Gasteiger charge is 2.57. The van der Waals surface area contributed by atoms with Gasteiger partial charge in [0.25, 0.3) is 0 Å². The Labute approximate surface area is 273 Å². The van der Waals surface area contributed by atoms with Crippen LogP contribution in [0.1, 0.15) is 21.9 Å². The molecule has 3 heterocycles. The Bertz CT molecular complexity index is 2120. The van der Waals surface area contributed by atoms with E-state index in [0.717, 1.165) is 46.0 Å². The number of fused-ring (bicyclic) bond motifs is 3. The number of thioether (sulfide) groups is 1. The minimum absolute atomic E-state index is 0.322. The molecule has 2 aliphatic heterocycles. The highest BCUT2D eigenvalue weighted by Crippen LogP contribution is 2.54. The number of alkyl halides is 3. The van der Waals surface area contributed by atoms with Gasteiger partial charge in [0.1, 0.15) is 17.5 Å². The van der Waals surface area contributed by atoms with Gasteiger partial charge >= 0.3 is 11.0 Å². The Morgan fingerprint density at radius 3 is 2.34 bits per heavy atom. The van der Waals surface area contributed by atoms with Crippen molar-refractivity contribution in [1.82, 2.24) is 4.57 Å². The predicted molar refractivity (Wildman–Crippen MR) is 173 cm³/mol. The molecule has 4 aromatic carbocycles. The summed E-state index contributed by atoms with van der Waals surface area (Å²) >= 11 is 1.78. The zero-order valence-corrected chi connectivity index (χ0v) is 26.1. The van der Waals surface area contributed by atoms with Crippen molar-refractivity contribution in [2.45, 2.75) is 28.9 Å². The zero-order chi connectivity index (χ0) is 33.0. The maximum absolute atomic E-state index is 14.1. The fourth-order valence-electron chi connectivity index (χ4n) is 6.24. The number of halogens is 3. The fraction of sp³-hybridized carbons (Fsp3) is 0.176. The third-order valence-corrected chi connectivity index (χ3v) is 10.9. The molecule has 1 fully saturated rings. The van der Waals surface area contributed by atoms with Crippen molar-refractivity contribution in [3.63, 3.8) is 0 Å². The second-order valence-corrected chi connectivity index (χ2v) is 13.2. The largest absolute Gasteiger partial charge is 0.497 e. The van der Waals surface area contributed by atoms with E-state index < -0.39 is 57.1 Å². The van der Waals surface area contributed by atoms with E-state index in [4.69, 9.17) is 4.74 Å². The third kappa shape index (κ3) is 5.28. The van der Waals surface area contributed by atoms with Crippen molar-refractivity contribution < 1.29 is 32.3 Å². The number of aromatic nitrogens is 1. The Morgan fingerprint density at radius 2 is 1.60 bits per heavy atom. The topological polar surface area (TPSA) is 97.7 Å². The summed E-state index contributed by atoms with van der Waals surface area (Å²) in [4.78, 5) is 55.5. The number of thiazole rings is 1. The van der Waals surface area contributed by atoms with E-state index in [-0.39, 0.29) is 6.54 Å². The van der Waals surface area contributed by atoms with E-state index in [1.165, 1.54) is 23.8 Å². The second-order valence-electron chi connectivity index (χ2n) is 11.0. The number of rotatable bonds is 6. The summed E-state index contributed by atoms with van der Waals surface area (Å²) in [5.74, 6) is -3.52. The summed E-state index contributed by atoms with van der Waals surface area (Å²) in [6.07, 6.45) is -4.82. The number of benzene rings is 4. The number of amides is 3. The summed E-state index contributed by atoms with van der Waals surface area (Å²) in [6, 6.07) is 24.2. The number of ether oxygens (including phenoxy) is 1. The quantitative estimate of drug-likeness (QED) is 0.206. The zero-order valence-electron chi connectivity index (χ0n) is 24.5. The lowest BCUT2D eigenvalue weighted by atomic mass is 9.83. The van der Waals surface area contributed by atoms with Gasteiger partial charge in [-0.3, -0.25) is 23.7 Å². The average molecular weight is 676 g/mol. The van der Waals surface area contributed by atoms with Gasteiger partial charge in [-0.05, 0) is 41.3 Å². The van der Waals surface area contributed by atoms with E-state index in [9.17, 15) is 32.3 Å². The number of hydrogen-bond donors (Lipinski definition) is 1. The Hall–Kier alpha value is -4.88. The molecule has 5 aromatic rings. The number of methoxy groups -OCH3 is 1. The molecule has 47 heavy (non-hydrogen) atoms. The molecule has 0 bridgehead atoms. The van der Waals surface area contributed by atoms with Crippen LogP contribution in [0.2, 0.25) is 0 Å². The number of nitrogens with one attached hydrogen (secondary N) is 1. The number of carbonyl (C=O) groups excluding carboxylic acids is 3. The molecule has 238 valence electrons. The molecule has 0 saturated carbocycles. The first-order valence-electron chi connectivity index (χ1n) is 14.4. The molecule has 13 heteroatoms. The van der Waals surface area contributed by atoms with Crippen molar-refractivity contribution in [3.05, 3.63) is 117 Å². The van der Waals surface area contributed by atoms with Crippen molar-refractivity contribution >= 4 is 63.0 Å². The Balaban J connectivity index is 1.30. The second kappa shape index (κ2) is 11.7. The van der Waals surface area contributed by atoms with Crippen LogP contribution < -0.4 is 19.8 Å². The SMILES string of the molecule is COc1ccc([C@H]2c3sc(=O)n(CC(=O)Nc4cccc5ccccc45)c3SC3C(=O)N(c4ccccc4C(F)(F)F)C(=O)C32)cc1. The van der Waals surface area contributed by atoms with Crippen molar-refractivity contribution in [1.29, 1.82) is 0 Å². The fourth-order valence-corrected chi connectivity index (χ4v) is 9.01. The summed E-state index contributed by atoms with van der Waals surface area (Å²) in [7, 11) is 1.49. The molecule has 0 radical (unpaired) electrons. The van der Waals surface area contributed by atoms with Crippen molar-refractivity contribution in [2.24, 2.45) is 5.92 Å². The molecule has 3 atom stereocenters. The van der Waals surface area contributed by atoms with Gasteiger partial charge in [0.15, 0.2) is 0 Å². The number of carbonyl (C=O) groups is 3. The monoisotopic (exact) mass is 675 g/mol. The normalized spacial score (nSPS) is 19.1. The van der Waals surface area contributed by atoms with Crippen LogP contribution in [0.3, 0.4) is 0 Å². The van der Waals surface area contributed by atoms with Gasteiger partial charge in [-0.15, -0.1) is 0 Å². The lowest BCUT2D eigenvalue weighted by molar-refractivity contribution is -0.137. The smallest absolute Gasteiger partial charge is 0.418 e. The molecule has 2 unspecified atom stereocenters. The van der Waals surface area contributed by atoms with Gasteiger partial charge in [-0.2, -0.15) is 13.2 Å². The van der Waals surface area contributed by atoms with E-state index in [2.05, 4.69) is 5.32 Å². The first-order valence-corrected chi connectivity index (χ1v) is 16.1. The molecular weight excluding hydrogens is 652 g/mol. The van der Waals surface area contributed by atoms with Gasteiger partial charge in [0.2, 0.25) is 17.7 Å². The lowest BCUT2D eigenvalue weighted by Crippen LogP contribution is -2.33. The third-order valence-electron chi connectivity index (χ3n) is 8.34. The van der Waals surface area contributed by atoms with E-state index in [1.807, 2.05) is 30.3 Å². The average Bonchev–Trinajstić information content (AvgIpc) is 3.50. The Kier molecular flexibility index (Phi) is 7.68. The van der Waals surface area contributed by atoms with Crippen molar-refractivity contribution in [3.8, 4) is 5.75 Å². The van der Waals surface area contributed by atoms with E-state index >= 15 is 0 Å². The number of imide groups is 1. The summed E-state index contributed by atoms with van der Waals surface area (Å²) < 4.78 is 48.6. The van der Waals surface area contributed by atoms with Crippen LogP contribution in [0.15, 0.2) is 101 Å². The van der Waals surface area contributed by atoms with Crippen LogP contribution in [-0.4, -0.2) is 34.6 Å². The first kappa shape index (κ1) is 30.8. The minimum Gasteiger partial charge on any atom is -0.497 e. The summed E-state index contributed by atoms with van der Waals surface area (Å²) in [6.45, 7) is -0.379. The lowest BCUT2D eigenvalue weighted by Gasteiger charge is -2.30. The number of anilines is 2. The summed E-state index contributed by atoms with van der Waals surface area (Å²) in [5.41, 5.74) is -0.524. The van der Waals surface area contributed by atoms with E-state index in [1.54, 1.807) is 36.4 Å². The molecule has 0 spiro atoms. The van der Waals surface area contributed by atoms with Crippen LogP contribution in [0.5, 0.6) is 5.75 Å². The number of para-hydroxylation sites is 1. The van der Waals surface area contributed by atoms with E-state index in [0.29, 0.717) is 31.8 Å². The number of hydrogen-bond acceptors (Lipinski definition) is 7. The molecule has 1 N–H and O–H groups in total. The molecule has 3 amide bonds. The van der Waals surface area contributed by atoms with Crippen LogP contribution in [0.4, 0.5) is 24.5 Å². The van der Waals surface area contributed by atoms with Gasteiger partial charge in [-0.1, -0.05) is 83.8 Å². The van der Waals surface area contributed by atoms with Gasteiger partial charge in [0.05, 0.1) is 29.3 Å². The number of nitrogens with zero attached hydrogens (tertiary/aromatic N) is 2. The molecule has 1 saturated heterocycles. The van der Waals surface area contributed by atoms with Crippen LogP contribution in [0, 0.1) is 5.92 Å². The molecule has 2 aliphatic rings. The predicted octanol–water partition coefficient (Wildman–Crippen LogP) is 6.52. The van der Waals surface area contributed by atoms with Crippen LogP contribution in [0.25, 0.3) is 10.8 Å².